The molecule has 0 radical (unpaired) electrons. The summed E-state index contributed by atoms with van der Waals surface area (Å²) in [5.74, 6) is 0.00382. The minimum Gasteiger partial charge on any atom is -0.377 e. The Morgan fingerprint density at radius 2 is 2.10 bits per heavy atom. The number of carbonyl (C=O) groups excluding carboxylic acids is 1. The minimum atomic E-state index is 0.00382. The van der Waals surface area contributed by atoms with Crippen LogP contribution in [0.3, 0.4) is 0 Å². The van der Waals surface area contributed by atoms with Gasteiger partial charge in [0.05, 0.1) is 17.9 Å². The Bertz CT molecular complexity index is 571. The summed E-state index contributed by atoms with van der Waals surface area (Å²) in [7, 11) is 0. The zero-order valence-electron chi connectivity index (χ0n) is 11.6. The molecule has 0 bridgehead atoms. The smallest absolute Gasteiger partial charge is 0.224 e. The molecular weight excluding hydrogens is 252 g/mol. The average Bonchev–Trinajstić information content (AvgIpc) is 2.48. The number of hydrogen-bond donors (Lipinski definition) is 2. The molecule has 2 aromatic rings. The molecule has 0 aliphatic heterocycles. The maximum absolute atomic E-state index is 11.4. The molecule has 5 heteroatoms. The van der Waals surface area contributed by atoms with Crippen molar-refractivity contribution in [2.75, 3.05) is 10.6 Å². The van der Waals surface area contributed by atoms with E-state index in [2.05, 4.69) is 20.6 Å². The Kier molecular flexibility index (Phi) is 4.65. The highest BCUT2D eigenvalue weighted by Crippen LogP contribution is 2.20. The van der Waals surface area contributed by atoms with Crippen molar-refractivity contribution >= 4 is 17.3 Å². The maximum atomic E-state index is 11.4. The van der Waals surface area contributed by atoms with Gasteiger partial charge in [0.1, 0.15) is 0 Å². The maximum Gasteiger partial charge on any atom is 0.224 e. The fourth-order valence-electron chi connectivity index (χ4n) is 1.79. The van der Waals surface area contributed by atoms with E-state index in [1.165, 1.54) is 0 Å². The Morgan fingerprint density at radius 1 is 1.30 bits per heavy atom. The normalized spacial score (nSPS) is 11.7. The van der Waals surface area contributed by atoms with Crippen molar-refractivity contribution in [1.29, 1.82) is 0 Å². The van der Waals surface area contributed by atoms with E-state index in [0.29, 0.717) is 6.42 Å². The van der Waals surface area contributed by atoms with Crippen LogP contribution in [-0.2, 0) is 4.79 Å². The molecule has 0 fully saturated rings. The van der Waals surface area contributed by atoms with Gasteiger partial charge in [-0.15, -0.1) is 0 Å². The minimum absolute atomic E-state index is 0.00382. The van der Waals surface area contributed by atoms with E-state index in [-0.39, 0.29) is 11.9 Å². The summed E-state index contributed by atoms with van der Waals surface area (Å²) in [6.07, 6.45) is 5.52. The van der Waals surface area contributed by atoms with Crippen molar-refractivity contribution < 1.29 is 4.79 Å². The van der Waals surface area contributed by atoms with Gasteiger partial charge in [-0.25, -0.2) is 0 Å². The van der Waals surface area contributed by atoms with E-state index in [4.69, 9.17) is 0 Å². The molecule has 2 N–H and O–H groups in total. The van der Waals surface area contributed by atoms with E-state index < -0.39 is 0 Å². The van der Waals surface area contributed by atoms with Crippen LogP contribution in [-0.4, -0.2) is 15.9 Å². The van der Waals surface area contributed by atoms with Gasteiger partial charge in [-0.1, -0.05) is 13.0 Å². The zero-order valence-corrected chi connectivity index (χ0v) is 11.6. The van der Waals surface area contributed by atoms with Gasteiger partial charge in [0.15, 0.2) is 0 Å². The topological polar surface area (TPSA) is 66.9 Å². The third kappa shape index (κ3) is 3.78. The number of rotatable bonds is 5. The molecule has 20 heavy (non-hydrogen) atoms. The van der Waals surface area contributed by atoms with E-state index >= 15 is 0 Å². The summed E-state index contributed by atoms with van der Waals surface area (Å²) in [6.45, 7) is 3.84. The number of aromatic nitrogens is 2. The summed E-state index contributed by atoms with van der Waals surface area (Å²) in [6, 6.07) is 7.67. The Morgan fingerprint density at radius 3 is 2.80 bits per heavy atom. The van der Waals surface area contributed by atoms with Gasteiger partial charge in [0.25, 0.3) is 0 Å². The monoisotopic (exact) mass is 270 g/mol. The summed E-state index contributed by atoms with van der Waals surface area (Å²) in [5.41, 5.74) is 2.58. The number of carbonyl (C=O) groups is 1. The molecule has 0 aliphatic carbocycles. The summed E-state index contributed by atoms with van der Waals surface area (Å²) >= 11 is 0. The highest BCUT2D eigenvalue weighted by molar-refractivity contribution is 5.90. The summed E-state index contributed by atoms with van der Waals surface area (Å²) in [5, 5.41) is 6.17. The molecule has 0 saturated carbocycles. The first-order chi connectivity index (χ1) is 9.69. The lowest BCUT2D eigenvalue weighted by molar-refractivity contribution is -0.115. The molecule has 1 aromatic heterocycles. The quantitative estimate of drug-likeness (QED) is 0.876. The second-order valence-electron chi connectivity index (χ2n) is 4.48. The number of hydrogen-bond acceptors (Lipinski definition) is 4. The van der Waals surface area contributed by atoms with Crippen LogP contribution in [0.1, 0.15) is 32.0 Å². The fraction of sp³-hybridized carbons (Fsp3) is 0.267. The van der Waals surface area contributed by atoms with Gasteiger partial charge in [-0.2, -0.15) is 0 Å². The van der Waals surface area contributed by atoms with Crippen molar-refractivity contribution in [2.45, 2.75) is 26.3 Å². The van der Waals surface area contributed by atoms with E-state index in [9.17, 15) is 4.79 Å². The third-order valence-electron chi connectivity index (χ3n) is 2.88. The van der Waals surface area contributed by atoms with Crippen molar-refractivity contribution in [3.8, 4) is 0 Å². The Hall–Kier alpha value is -2.43. The van der Waals surface area contributed by atoms with E-state index in [1.54, 1.807) is 18.6 Å². The first kappa shape index (κ1) is 14.0. The molecule has 1 amide bonds. The highest BCUT2D eigenvalue weighted by atomic mass is 16.1. The van der Waals surface area contributed by atoms with Gasteiger partial charge < -0.3 is 10.6 Å². The van der Waals surface area contributed by atoms with Crippen LogP contribution in [0, 0.1) is 0 Å². The molecule has 1 unspecified atom stereocenters. The largest absolute Gasteiger partial charge is 0.377 e. The second-order valence-corrected chi connectivity index (χ2v) is 4.48. The van der Waals surface area contributed by atoms with Crippen LogP contribution < -0.4 is 10.6 Å². The van der Waals surface area contributed by atoms with Crippen LogP contribution in [0.4, 0.5) is 11.4 Å². The predicted octanol–water partition coefficient (Wildman–Crippen LogP) is 3.00. The zero-order chi connectivity index (χ0) is 14.4. The summed E-state index contributed by atoms with van der Waals surface area (Å²) < 4.78 is 0. The fourth-order valence-corrected chi connectivity index (χ4v) is 1.79. The lowest BCUT2D eigenvalue weighted by Crippen LogP contribution is -2.11. The Balaban J connectivity index is 2.06. The van der Waals surface area contributed by atoms with Crippen LogP contribution in [0.5, 0.6) is 0 Å². The third-order valence-corrected chi connectivity index (χ3v) is 2.88. The first-order valence-corrected chi connectivity index (χ1v) is 6.61. The SMILES string of the molecule is CCC(=O)Nc1cccc(NC(C)c2cnccn2)c1. The molecule has 0 spiro atoms. The van der Waals surface area contributed by atoms with E-state index in [1.807, 2.05) is 38.1 Å². The lowest BCUT2D eigenvalue weighted by Gasteiger charge is -2.15. The van der Waals surface area contributed by atoms with Gasteiger partial charge in [0.2, 0.25) is 5.91 Å². The number of amides is 1. The average molecular weight is 270 g/mol. The molecule has 104 valence electrons. The van der Waals surface area contributed by atoms with Crippen molar-refractivity contribution in [3.05, 3.63) is 48.5 Å². The molecule has 1 aromatic carbocycles. The first-order valence-electron chi connectivity index (χ1n) is 6.61. The van der Waals surface area contributed by atoms with Crippen LogP contribution in [0.2, 0.25) is 0 Å². The second kappa shape index (κ2) is 6.65. The van der Waals surface area contributed by atoms with Crippen molar-refractivity contribution in [3.63, 3.8) is 0 Å². The number of nitrogens with zero attached hydrogens (tertiary/aromatic N) is 2. The highest BCUT2D eigenvalue weighted by Gasteiger charge is 2.07. The standard InChI is InChI=1S/C15H18N4O/c1-3-15(20)19-13-6-4-5-12(9-13)18-11(2)14-10-16-7-8-17-14/h4-11,18H,3H2,1-2H3,(H,19,20). The van der Waals surface area contributed by atoms with Gasteiger partial charge >= 0.3 is 0 Å². The molecule has 0 saturated heterocycles. The van der Waals surface area contributed by atoms with Crippen molar-refractivity contribution in [1.82, 2.24) is 9.97 Å². The molecule has 0 aliphatic rings. The lowest BCUT2D eigenvalue weighted by atomic mass is 10.2. The predicted molar refractivity (Wildman–Crippen MR) is 79.4 cm³/mol. The molecule has 1 heterocycles. The molecule has 5 nitrogen and oxygen atoms in total. The van der Waals surface area contributed by atoms with Crippen LogP contribution in [0.25, 0.3) is 0 Å². The van der Waals surface area contributed by atoms with Gasteiger partial charge in [-0.3, -0.25) is 14.8 Å². The van der Waals surface area contributed by atoms with E-state index in [0.717, 1.165) is 17.1 Å². The number of nitrogens with one attached hydrogen (secondary N) is 2. The van der Waals surface area contributed by atoms with Gasteiger partial charge in [-0.05, 0) is 25.1 Å². The van der Waals surface area contributed by atoms with Crippen molar-refractivity contribution in [2.24, 2.45) is 0 Å². The molecule has 1 atom stereocenters. The molecular formula is C15H18N4O. The number of benzene rings is 1. The number of anilines is 2. The van der Waals surface area contributed by atoms with Crippen LogP contribution in [0.15, 0.2) is 42.9 Å². The van der Waals surface area contributed by atoms with Crippen LogP contribution >= 0.6 is 0 Å². The summed E-state index contributed by atoms with van der Waals surface area (Å²) in [4.78, 5) is 19.7. The Labute approximate surface area is 118 Å². The van der Waals surface area contributed by atoms with Gasteiger partial charge in [0, 0.05) is 30.2 Å². The molecule has 2 rings (SSSR count).